The number of halogens is 3. The Morgan fingerprint density at radius 2 is 2.07 bits per heavy atom. The minimum Gasteiger partial charge on any atom is -0.497 e. The maximum Gasteiger partial charge on any atom is 0.265 e. The van der Waals surface area contributed by atoms with Crippen LogP contribution < -0.4 is 4.74 Å². The largest absolute Gasteiger partial charge is 0.497 e. The Morgan fingerprint density at radius 3 is 2.47 bits per heavy atom. The van der Waals surface area contributed by atoms with Gasteiger partial charge >= 0.3 is 0 Å². The van der Waals surface area contributed by atoms with Gasteiger partial charge in [-0.3, -0.25) is 4.79 Å². The Labute approximate surface area is 90.8 Å². The summed E-state index contributed by atoms with van der Waals surface area (Å²) in [7, 11) is 1.34. The first-order valence-electron chi connectivity index (χ1n) is 4.14. The van der Waals surface area contributed by atoms with E-state index in [-0.39, 0.29) is 27.7 Å². The fraction of sp³-hybridized carbons (Fsp3) is 0.300. The molecule has 0 aromatic heterocycles. The van der Waals surface area contributed by atoms with Crippen molar-refractivity contribution >= 4 is 17.4 Å². The van der Waals surface area contributed by atoms with Crippen LogP contribution in [0.25, 0.3) is 0 Å². The quantitative estimate of drug-likeness (QED) is 0.749. The van der Waals surface area contributed by atoms with Gasteiger partial charge in [0, 0.05) is 11.1 Å². The van der Waals surface area contributed by atoms with E-state index in [2.05, 4.69) is 0 Å². The van der Waals surface area contributed by atoms with E-state index in [1.54, 1.807) is 0 Å². The molecule has 0 heterocycles. The first kappa shape index (κ1) is 11.9. The van der Waals surface area contributed by atoms with Gasteiger partial charge in [-0.05, 0) is 19.1 Å². The molecule has 1 aromatic rings. The lowest BCUT2D eigenvalue weighted by molar-refractivity contribution is 0.101. The van der Waals surface area contributed by atoms with E-state index in [0.717, 1.165) is 6.07 Å². The van der Waals surface area contributed by atoms with Crippen LogP contribution in [0.4, 0.5) is 8.78 Å². The second kappa shape index (κ2) is 4.57. The van der Waals surface area contributed by atoms with E-state index >= 15 is 0 Å². The van der Waals surface area contributed by atoms with Crippen LogP contribution in [0.5, 0.6) is 5.75 Å². The zero-order chi connectivity index (χ0) is 11.6. The van der Waals surface area contributed by atoms with Gasteiger partial charge < -0.3 is 4.74 Å². The number of hydrogen-bond acceptors (Lipinski definition) is 2. The number of methoxy groups -OCH3 is 1. The molecule has 1 aromatic carbocycles. The van der Waals surface area contributed by atoms with Crippen LogP contribution in [0.2, 0.25) is 5.02 Å². The lowest BCUT2D eigenvalue weighted by Gasteiger charge is -2.09. The molecule has 0 unspecified atom stereocenters. The van der Waals surface area contributed by atoms with E-state index < -0.39 is 6.43 Å². The third-order valence-electron chi connectivity index (χ3n) is 1.92. The monoisotopic (exact) mass is 234 g/mol. The Kier molecular flexibility index (Phi) is 3.63. The van der Waals surface area contributed by atoms with Crippen molar-refractivity contribution in [1.29, 1.82) is 0 Å². The molecule has 0 amide bonds. The molecule has 0 atom stereocenters. The van der Waals surface area contributed by atoms with Crippen molar-refractivity contribution in [3.8, 4) is 5.75 Å². The van der Waals surface area contributed by atoms with Crippen LogP contribution in [0, 0.1) is 0 Å². The zero-order valence-electron chi connectivity index (χ0n) is 8.18. The fourth-order valence-corrected chi connectivity index (χ4v) is 1.48. The van der Waals surface area contributed by atoms with Crippen molar-refractivity contribution in [3.63, 3.8) is 0 Å². The third-order valence-corrected chi connectivity index (χ3v) is 2.35. The zero-order valence-corrected chi connectivity index (χ0v) is 8.94. The molecule has 0 spiro atoms. The minimum absolute atomic E-state index is 0.0475. The lowest BCUT2D eigenvalue weighted by Crippen LogP contribution is -1.99. The molecule has 0 fully saturated rings. The fourth-order valence-electron chi connectivity index (χ4n) is 1.15. The van der Waals surface area contributed by atoms with Crippen molar-refractivity contribution in [3.05, 3.63) is 28.3 Å². The Morgan fingerprint density at radius 1 is 1.47 bits per heavy atom. The molecule has 0 saturated heterocycles. The molecule has 0 bridgehead atoms. The second-order valence-corrected chi connectivity index (χ2v) is 3.31. The van der Waals surface area contributed by atoms with Gasteiger partial charge in [0.2, 0.25) is 0 Å². The van der Waals surface area contributed by atoms with Gasteiger partial charge in [-0.25, -0.2) is 8.78 Å². The van der Waals surface area contributed by atoms with E-state index in [1.165, 1.54) is 20.1 Å². The van der Waals surface area contributed by atoms with Crippen molar-refractivity contribution in [2.24, 2.45) is 0 Å². The topological polar surface area (TPSA) is 26.3 Å². The molecule has 0 aliphatic rings. The maximum absolute atomic E-state index is 12.5. The van der Waals surface area contributed by atoms with E-state index in [4.69, 9.17) is 16.3 Å². The maximum atomic E-state index is 12.5. The molecular formula is C10H9ClF2O2. The average Bonchev–Trinajstić information content (AvgIpc) is 2.17. The Hall–Kier alpha value is -1.16. The number of ketones is 1. The molecule has 0 aliphatic carbocycles. The molecule has 0 aliphatic heterocycles. The first-order valence-corrected chi connectivity index (χ1v) is 4.51. The van der Waals surface area contributed by atoms with Gasteiger partial charge in [0.05, 0.1) is 12.1 Å². The van der Waals surface area contributed by atoms with E-state index in [1.807, 2.05) is 0 Å². The number of hydrogen-bond donors (Lipinski definition) is 0. The summed E-state index contributed by atoms with van der Waals surface area (Å²) in [5.41, 5.74) is -0.340. The number of rotatable bonds is 3. The Balaban J connectivity index is 3.40. The predicted octanol–water partition coefficient (Wildman–Crippen LogP) is 3.49. The number of carbonyl (C=O) groups excluding carboxylic acids is 1. The summed E-state index contributed by atoms with van der Waals surface area (Å²) in [6.07, 6.45) is -2.73. The first-order chi connectivity index (χ1) is 6.97. The molecule has 2 nitrogen and oxygen atoms in total. The highest BCUT2D eigenvalue weighted by molar-refractivity contribution is 6.34. The standard InChI is InChI=1S/C10H9ClF2O2/c1-5(14)7-3-6(15-2)4-8(9(7)11)10(12)13/h3-4,10H,1-2H3. The van der Waals surface area contributed by atoms with Crippen LogP contribution in [-0.4, -0.2) is 12.9 Å². The Bertz CT molecular complexity index is 391. The second-order valence-electron chi connectivity index (χ2n) is 2.94. The van der Waals surface area contributed by atoms with E-state index in [9.17, 15) is 13.6 Å². The van der Waals surface area contributed by atoms with Crippen LogP contribution in [0.1, 0.15) is 29.3 Å². The van der Waals surface area contributed by atoms with Crippen LogP contribution >= 0.6 is 11.6 Å². The highest BCUT2D eigenvalue weighted by atomic mass is 35.5. The molecule has 15 heavy (non-hydrogen) atoms. The van der Waals surface area contributed by atoms with Gasteiger partial charge in [0.1, 0.15) is 5.75 Å². The number of Topliss-reactive ketones (excluding diaryl/α,β-unsaturated/α-hetero) is 1. The number of ether oxygens (including phenoxy) is 1. The van der Waals surface area contributed by atoms with Crippen molar-refractivity contribution in [1.82, 2.24) is 0 Å². The highest BCUT2D eigenvalue weighted by Gasteiger charge is 2.18. The van der Waals surface area contributed by atoms with Crippen LogP contribution in [0.3, 0.4) is 0 Å². The van der Waals surface area contributed by atoms with E-state index in [0.29, 0.717) is 0 Å². The normalized spacial score (nSPS) is 10.5. The minimum atomic E-state index is -2.73. The number of alkyl halides is 2. The van der Waals surface area contributed by atoms with Gasteiger partial charge in [-0.15, -0.1) is 0 Å². The summed E-state index contributed by atoms with van der Waals surface area (Å²) >= 11 is 5.67. The van der Waals surface area contributed by atoms with Crippen molar-refractivity contribution in [2.45, 2.75) is 13.3 Å². The van der Waals surface area contributed by atoms with Gasteiger partial charge in [-0.1, -0.05) is 11.6 Å². The summed E-state index contributed by atoms with van der Waals surface area (Å²) in [6, 6.07) is 2.47. The summed E-state index contributed by atoms with van der Waals surface area (Å²) in [4.78, 5) is 11.1. The molecular weight excluding hydrogens is 226 g/mol. The predicted molar refractivity (Wildman–Crippen MR) is 53.0 cm³/mol. The average molecular weight is 235 g/mol. The summed E-state index contributed by atoms with van der Waals surface area (Å²) in [6.45, 7) is 1.26. The van der Waals surface area contributed by atoms with Gasteiger partial charge in [0.15, 0.2) is 5.78 Å². The highest BCUT2D eigenvalue weighted by Crippen LogP contribution is 2.33. The van der Waals surface area contributed by atoms with Crippen LogP contribution in [0.15, 0.2) is 12.1 Å². The third kappa shape index (κ3) is 2.45. The molecule has 82 valence electrons. The molecule has 1 rings (SSSR count). The summed E-state index contributed by atoms with van der Waals surface area (Å²) in [5, 5.41) is -0.210. The summed E-state index contributed by atoms with van der Waals surface area (Å²) < 4.78 is 29.9. The lowest BCUT2D eigenvalue weighted by atomic mass is 10.1. The number of benzene rings is 1. The van der Waals surface area contributed by atoms with Gasteiger partial charge in [-0.2, -0.15) is 0 Å². The van der Waals surface area contributed by atoms with Crippen LogP contribution in [-0.2, 0) is 0 Å². The van der Waals surface area contributed by atoms with Gasteiger partial charge in [0.25, 0.3) is 6.43 Å². The SMILES string of the molecule is COc1cc(C(C)=O)c(Cl)c(C(F)F)c1. The number of carbonyl (C=O) groups is 1. The molecule has 0 saturated carbocycles. The molecule has 5 heteroatoms. The van der Waals surface area contributed by atoms with Crippen molar-refractivity contribution in [2.75, 3.05) is 7.11 Å². The van der Waals surface area contributed by atoms with Crippen molar-refractivity contribution < 1.29 is 18.3 Å². The smallest absolute Gasteiger partial charge is 0.265 e. The molecule has 0 radical (unpaired) electrons. The molecule has 0 N–H and O–H groups in total. The summed E-state index contributed by atoms with van der Waals surface area (Å²) in [5.74, 6) is -0.180.